The summed E-state index contributed by atoms with van der Waals surface area (Å²) in [5.74, 6) is 1.80. The zero-order chi connectivity index (χ0) is 15.6. The van der Waals surface area contributed by atoms with Crippen LogP contribution in [0, 0.1) is 6.92 Å². The van der Waals surface area contributed by atoms with Crippen LogP contribution < -0.4 is 10.6 Å². The molecule has 3 aromatic rings. The first-order chi connectivity index (χ1) is 11.3. The topological polar surface area (TPSA) is 62.7 Å². The molecule has 0 saturated carbocycles. The summed E-state index contributed by atoms with van der Waals surface area (Å²) < 4.78 is 1.23. The third-order valence-electron chi connectivity index (χ3n) is 4.04. The smallest absolute Gasteiger partial charge is 0.133 e. The number of para-hydroxylation sites is 1. The number of benzene rings is 1. The maximum Gasteiger partial charge on any atom is 0.133 e. The Hall–Kier alpha value is -1.47. The number of nitrogens with zero attached hydrogens (tertiary/aromatic N) is 3. The van der Waals surface area contributed by atoms with Crippen molar-refractivity contribution in [2.75, 3.05) is 18.4 Å². The summed E-state index contributed by atoms with van der Waals surface area (Å²) in [7, 11) is 0. The van der Waals surface area contributed by atoms with Gasteiger partial charge in [0, 0.05) is 18.5 Å². The highest BCUT2D eigenvalue weighted by molar-refractivity contribution is 7.18. The SMILES string of the molecule is Cc1nc2c(c(NCc3nc4ccccc4s3)n1)CCNCC2.Cl.Cl. The van der Waals surface area contributed by atoms with Gasteiger partial charge in [-0.2, -0.15) is 0 Å². The normalized spacial score (nSPS) is 13.3. The van der Waals surface area contributed by atoms with Crippen LogP contribution in [0.5, 0.6) is 0 Å². The predicted molar refractivity (Wildman–Crippen MR) is 108 cm³/mol. The van der Waals surface area contributed by atoms with E-state index in [0.717, 1.165) is 48.1 Å². The second-order valence-electron chi connectivity index (χ2n) is 5.72. The van der Waals surface area contributed by atoms with E-state index in [1.165, 1.54) is 16.0 Å². The van der Waals surface area contributed by atoms with Crippen molar-refractivity contribution in [1.29, 1.82) is 0 Å². The number of hydrogen-bond acceptors (Lipinski definition) is 6. The highest BCUT2D eigenvalue weighted by atomic mass is 35.5. The number of fused-ring (bicyclic) bond motifs is 2. The molecule has 0 saturated heterocycles. The summed E-state index contributed by atoms with van der Waals surface area (Å²) in [5, 5.41) is 8.00. The minimum absolute atomic E-state index is 0. The number of thiazole rings is 1. The molecule has 1 aliphatic rings. The zero-order valence-electron chi connectivity index (χ0n) is 13.9. The Bertz CT molecular complexity index is 819. The van der Waals surface area contributed by atoms with Gasteiger partial charge < -0.3 is 10.6 Å². The molecule has 0 bridgehead atoms. The van der Waals surface area contributed by atoms with Crippen molar-refractivity contribution in [3.63, 3.8) is 0 Å². The van der Waals surface area contributed by atoms with Gasteiger partial charge >= 0.3 is 0 Å². The predicted octanol–water partition coefficient (Wildman–Crippen LogP) is 3.54. The Morgan fingerprint density at radius 2 is 1.88 bits per heavy atom. The second-order valence-corrected chi connectivity index (χ2v) is 6.84. The molecule has 5 nitrogen and oxygen atoms in total. The third kappa shape index (κ3) is 4.39. The molecule has 0 amide bonds. The van der Waals surface area contributed by atoms with Crippen LogP contribution in [0.4, 0.5) is 5.82 Å². The van der Waals surface area contributed by atoms with Crippen LogP contribution in [0.15, 0.2) is 24.3 Å². The fourth-order valence-corrected chi connectivity index (χ4v) is 3.88. The van der Waals surface area contributed by atoms with E-state index < -0.39 is 0 Å². The fourth-order valence-electron chi connectivity index (χ4n) is 2.97. The first-order valence-electron chi connectivity index (χ1n) is 7.95. The van der Waals surface area contributed by atoms with Crippen LogP contribution in [0.1, 0.15) is 22.1 Å². The molecular weight excluding hydrogens is 377 g/mol. The van der Waals surface area contributed by atoms with E-state index in [0.29, 0.717) is 6.54 Å². The van der Waals surface area contributed by atoms with Gasteiger partial charge in [0.1, 0.15) is 16.6 Å². The number of aromatic nitrogens is 3. The van der Waals surface area contributed by atoms with E-state index in [4.69, 9.17) is 0 Å². The summed E-state index contributed by atoms with van der Waals surface area (Å²) in [6.07, 6.45) is 1.94. The average molecular weight is 398 g/mol. The molecule has 0 aliphatic carbocycles. The van der Waals surface area contributed by atoms with Gasteiger partial charge in [-0.05, 0) is 32.0 Å². The maximum atomic E-state index is 4.68. The van der Waals surface area contributed by atoms with Gasteiger partial charge in [0.15, 0.2) is 0 Å². The first-order valence-corrected chi connectivity index (χ1v) is 8.77. The lowest BCUT2D eigenvalue weighted by Crippen LogP contribution is -2.16. The fraction of sp³-hybridized carbons (Fsp3) is 0.353. The summed E-state index contributed by atoms with van der Waals surface area (Å²) in [6, 6.07) is 8.25. The van der Waals surface area contributed by atoms with E-state index in [1.54, 1.807) is 11.3 Å². The number of aryl methyl sites for hydroxylation is 1. The quantitative estimate of drug-likeness (QED) is 0.707. The monoisotopic (exact) mass is 397 g/mol. The van der Waals surface area contributed by atoms with Crippen LogP contribution >= 0.6 is 36.2 Å². The minimum Gasteiger partial charge on any atom is -0.363 e. The van der Waals surface area contributed by atoms with Crippen LogP contribution in [0.2, 0.25) is 0 Å². The van der Waals surface area contributed by atoms with Gasteiger partial charge in [-0.15, -0.1) is 36.2 Å². The average Bonchev–Trinajstić information content (AvgIpc) is 2.82. The molecule has 1 aliphatic heterocycles. The van der Waals surface area contributed by atoms with Gasteiger partial charge in [0.2, 0.25) is 0 Å². The van der Waals surface area contributed by atoms with Gasteiger partial charge in [0.05, 0.1) is 22.5 Å². The largest absolute Gasteiger partial charge is 0.363 e. The number of nitrogens with one attached hydrogen (secondary N) is 2. The Kier molecular flexibility index (Phi) is 6.95. The van der Waals surface area contributed by atoms with Crippen LogP contribution in [-0.2, 0) is 19.4 Å². The molecular formula is C17H21Cl2N5S. The molecule has 0 radical (unpaired) electrons. The highest BCUT2D eigenvalue weighted by Gasteiger charge is 2.15. The van der Waals surface area contributed by atoms with Crippen molar-refractivity contribution in [1.82, 2.24) is 20.3 Å². The van der Waals surface area contributed by atoms with Gasteiger partial charge in [-0.1, -0.05) is 12.1 Å². The lowest BCUT2D eigenvalue weighted by Gasteiger charge is -2.12. The lowest BCUT2D eigenvalue weighted by atomic mass is 10.1. The molecule has 0 spiro atoms. The Balaban J connectivity index is 0.00000113. The van der Waals surface area contributed by atoms with E-state index >= 15 is 0 Å². The van der Waals surface area contributed by atoms with Gasteiger partial charge in [-0.3, -0.25) is 0 Å². The molecule has 25 heavy (non-hydrogen) atoms. The van der Waals surface area contributed by atoms with Crippen molar-refractivity contribution in [2.24, 2.45) is 0 Å². The van der Waals surface area contributed by atoms with Gasteiger partial charge in [-0.25, -0.2) is 15.0 Å². The minimum atomic E-state index is 0. The van der Waals surface area contributed by atoms with Crippen molar-refractivity contribution in [3.05, 3.63) is 46.4 Å². The number of rotatable bonds is 3. The maximum absolute atomic E-state index is 4.68. The summed E-state index contributed by atoms with van der Waals surface area (Å²) in [6.45, 7) is 4.63. The number of halogens is 2. The number of anilines is 1. The van der Waals surface area contributed by atoms with E-state index in [2.05, 4.69) is 43.8 Å². The lowest BCUT2D eigenvalue weighted by molar-refractivity contribution is 0.708. The van der Waals surface area contributed by atoms with Crippen molar-refractivity contribution in [2.45, 2.75) is 26.3 Å². The van der Waals surface area contributed by atoms with Gasteiger partial charge in [0.25, 0.3) is 0 Å². The van der Waals surface area contributed by atoms with Crippen LogP contribution in [0.3, 0.4) is 0 Å². The molecule has 1 aromatic carbocycles. The van der Waals surface area contributed by atoms with Crippen LogP contribution in [-0.4, -0.2) is 28.0 Å². The third-order valence-corrected chi connectivity index (χ3v) is 5.08. The summed E-state index contributed by atoms with van der Waals surface area (Å²) in [5.41, 5.74) is 3.49. The Morgan fingerprint density at radius 3 is 2.72 bits per heavy atom. The zero-order valence-corrected chi connectivity index (χ0v) is 16.4. The van der Waals surface area contributed by atoms with E-state index in [1.807, 2.05) is 13.0 Å². The standard InChI is InChI=1S/C17H19N5S.2ClH/c1-11-20-13-7-9-18-8-6-12(13)17(21-11)19-10-16-22-14-4-2-3-5-15(14)23-16;;/h2-5,18H,6-10H2,1H3,(H,19,20,21);2*1H. The highest BCUT2D eigenvalue weighted by Crippen LogP contribution is 2.24. The molecule has 0 fully saturated rings. The molecule has 134 valence electrons. The Morgan fingerprint density at radius 1 is 1.08 bits per heavy atom. The van der Waals surface area contributed by atoms with Crippen LogP contribution in [0.25, 0.3) is 10.2 Å². The molecule has 0 unspecified atom stereocenters. The molecule has 0 atom stereocenters. The Labute approximate surface area is 163 Å². The molecule has 2 aromatic heterocycles. The number of hydrogen-bond donors (Lipinski definition) is 2. The molecule has 8 heteroatoms. The summed E-state index contributed by atoms with van der Waals surface area (Å²) in [4.78, 5) is 13.9. The second kappa shape index (κ2) is 8.76. The van der Waals surface area contributed by atoms with Crippen molar-refractivity contribution < 1.29 is 0 Å². The van der Waals surface area contributed by atoms with Crippen molar-refractivity contribution >= 4 is 52.2 Å². The molecule has 4 rings (SSSR count). The summed E-state index contributed by atoms with van der Waals surface area (Å²) >= 11 is 1.73. The van der Waals surface area contributed by atoms with Crippen molar-refractivity contribution in [3.8, 4) is 0 Å². The van der Waals surface area contributed by atoms with E-state index in [-0.39, 0.29) is 24.8 Å². The first kappa shape index (κ1) is 19.8. The molecule has 2 N–H and O–H groups in total. The van der Waals surface area contributed by atoms with E-state index in [9.17, 15) is 0 Å². The molecule has 3 heterocycles.